The van der Waals surface area contributed by atoms with E-state index in [1.165, 1.54) is 0 Å². The quantitative estimate of drug-likeness (QED) is 0.918. The van der Waals surface area contributed by atoms with Gasteiger partial charge in [0.1, 0.15) is 4.88 Å². The third kappa shape index (κ3) is 3.40. The predicted molar refractivity (Wildman–Crippen MR) is 81.1 cm³/mol. The van der Waals surface area contributed by atoms with Gasteiger partial charge in [-0.3, -0.25) is 4.79 Å². The zero-order valence-corrected chi connectivity index (χ0v) is 12.7. The molecule has 0 bridgehead atoms. The predicted octanol–water partition coefficient (Wildman–Crippen LogP) is 2.41. The minimum atomic E-state index is -0.136. The largest absolute Gasteiger partial charge is 0.321 e. The summed E-state index contributed by atoms with van der Waals surface area (Å²) in [7, 11) is 4.00. The Labute approximate surface area is 122 Å². The van der Waals surface area contributed by atoms with Gasteiger partial charge in [-0.05, 0) is 43.7 Å². The lowest BCUT2D eigenvalue weighted by Gasteiger charge is -2.14. The van der Waals surface area contributed by atoms with Crippen LogP contribution in [0.4, 0.5) is 5.69 Å². The van der Waals surface area contributed by atoms with Gasteiger partial charge in [-0.1, -0.05) is 29.6 Å². The van der Waals surface area contributed by atoms with Crippen LogP contribution in [0.1, 0.15) is 27.9 Å². The molecule has 0 aliphatic rings. The molecule has 0 saturated heterocycles. The molecule has 0 atom stereocenters. The number of nitrogens with one attached hydrogen (secondary N) is 1. The molecule has 2 aromatic rings. The van der Waals surface area contributed by atoms with Crippen molar-refractivity contribution in [3.63, 3.8) is 0 Å². The second-order valence-corrected chi connectivity index (χ2v) is 5.51. The highest BCUT2D eigenvalue weighted by Gasteiger charge is 2.16. The maximum Gasteiger partial charge on any atom is 0.269 e. The van der Waals surface area contributed by atoms with E-state index in [0.717, 1.165) is 35.0 Å². The summed E-state index contributed by atoms with van der Waals surface area (Å²) in [6.45, 7) is 2.74. The van der Waals surface area contributed by atoms with Crippen LogP contribution in [0.2, 0.25) is 0 Å². The first-order chi connectivity index (χ1) is 9.61. The maximum atomic E-state index is 12.3. The van der Waals surface area contributed by atoms with Gasteiger partial charge in [-0.25, -0.2) is 0 Å². The molecule has 1 heterocycles. The normalized spacial score (nSPS) is 10.8. The van der Waals surface area contributed by atoms with Crippen molar-refractivity contribution in [2.75, 3.05) is 19.4 Å². The number of anilines is 1. The number of rotatable bonds is 5. The molecule has 0 spiro atoms. The number of hydrogen-bond acceptors (Lipinski definition) is 5. The SMILES string of the molecule is CCc1nnsc1C(=O)Nc1ccccc1CN(C)C. The van der Waals surface area contributed by atoms with E-state index in [2.05, 4.69) is 19.8 Å². The monoisotopic (exact) mass is 290 g/mol. The van der Waals surface area contributed by atoms with E-state index in [1.807, 2.05) is 45.3 Å². The third-order valence-corrected chi connectivity index (χ3v) is 3.62. The van der Waals surface area contributed by atoms with Gasteiger partial charge < -0.3 is 10.2 Å². The van der Waals surface area contributed by atoms with Crippen molar-refractivity contribution in [2.24, 2.45) is 0 Å². The van der Waals surface area contributed by atoms with Gasteiger partial charge in [0.2, 0.25) is 0 Å². The molecule has 20 heavy (non-hydrogen) atoms. The number of nitrogens with zero attached hydrogens (tertiary/aromatic N) is 3. The van der Waals surface area contributed by atoms with Gasteiger partial charge in [0.05, 0.1) is 5.69 Å². The molecule has 2 rings (SSSR count). The molecule has 5 nitrogen and oxygen atoms in total. The Morgan fingerprint density at radius 2 is 2.10 bits per heavy atom. The van der Waals surface area contributed by atoms with Crippen LogP contribution in [-0.4, -0.2) is 34.5 Å². The number of carbonyl (C=O) groups is 1. The highest BCUT2D eigenvalue weighted by Crippen LogP contribution is 2.19. The van der Waals surface area contributed by atoms with Crippen molar-refractivity contribution in [1.82, 2.24) is 14.5 Å². The Bertz CT molecular complexity index is 594. The molecule has 1 aromatic carbocycles. The number of aromatic nitrogens is 2. The van der Waals surface area contributed by atoms with E-state index in [9.17, 15) is 4.79 Å². The molecule has 1 amide bonds. The molecule has 106 valence electrons. The first kappa shape index (κ1) is 14.6. The van der Waals surface area contributed by atoms with Crippen molar-refractivity contribution in [2.45, 2.75) is 19.9 Å². The summed E-state index contributed by atoms with van der Waals surface area (Å²) >= 11 is 1.14. The van der Waals surface area contributed by atoms with Crippen LogP contribution in [0.15, 0.2) is 24.3 Å². The number of benzene rings is 1. The van der Waals surface area contributed by atoms with Gasteiger partial charge in [-0.2, -0.15) is 0 Å². The molecule has 0 fully saturated rings. The van der Waals surface area contributed by atoms with E-state index in [1.54, 1.807) is 0 Å². The lowest BCUT2D eigenvalue weighted by molar-refractivity contribution is 0.102. The number of aryl methyl sites for hydroxylation is 1. The summed E-state index contributed by atoms with van der Waals surface area (Å²) in [5, 5.41) is 6.93. The minimum absolute atomic E-state index is 0.136. The summed E-state index contributed by atoms with van der Waals surface area (Å²) < 4.78 is 3.85. The Morgan fingerprint density at radius 1 is 1.35 bits per heavy atom. The molecule has 1 N–H and O–H groups in total. The Hall–Kier alpha value is -1.79. The number of para-hydroxylation sites is 1. The van der Waals surface area contributed by atoms with E-state index in [4.69, 9.17) is 0 Å². The third-order valence-electron chi connectivity index (χ3n) is 2.85. The minimum Gasteiger partial charge on any atom is -0.321 e. The van der Waals surface area contributed by atoms with Gasteiger partial charge in [0.25, 0.3) is 5.91 Å². The lowest BCUT2D eigenvalue weighted by atomic mass is 10.1. The fourth-order valence-electron chi connectivity index (χ4n) is 1.91. The van der Waals surface area contributed by atoms with Crippen molar-refractivity contribution >= 4 is 23.1 Å². The van der Waals surface area contributed by atoms with Crippen molar-refractivity contribution in [3.8, 4) is 0 Å². The molecule has 0 radical (unpaired) electrons. The van der Waals surface area contributed by atoms with Crippen molar-refractivity contribution < 1.29 is 4.79 Å². The van der Waals surface area contributed by atoms with Gasteiger partial charge in [0, 0.05) is 12.2 Å². The van der Waals surface area contributed by atoms with Crippen LogP contribution in [0, 0.1) is 0 Å². The van der Waals surface area contributed by atoms with Crippen LogP contribution in [-0.2, 0) is 13.0 Å². The standard InChI is InChI=1S/C14H18N4OS/c1-4-11-13(20-17-16-11)14(19)15-12-8-6-5-7-10(12)9-18(2)3/h5-8H,4,9H2,1-3H3,(H,15,19). The maximum absolute atomic E-state index is 12.3. The highest BCUT2D eigenvalue weighted by atomic mass is 32.1. The fraction of sp³-hybridized carbons (Fsp3) is 0.357. The summed E-state index contributed by atoms with van der Waals surface area (Å²) in [4.78, 5) is 15.0. The Balaban J connectivity index is 2.20. The molecule has 1 aromatic heterocycles. The first-order valence-corrected chi connectivity index (χ1v) is 7.24. The first-order valence-electron chi connectivity index (χ1n) is 6.47. The van der Waals surface area contributed by atoms with Crippen LogP contribution < -0.4 is 5.32 Å². The lowest BCUT2D eigenvalue weighted by Crippen LogP contribution is -2.16. The number of carbonyl (C=O) groups excluding carboxylic acids is 1. The summed E-state index contributed by atoms with van der Waals surface area (Å²) in [6.07, 6.45) is 0.707. The second-order valence-electron chi connectivity index (χ2n) is 4.75. The molecule has 0 unspecified atom stereocenters. The van der Waals surface area contributed by atoms with E-state index < -0.39 is 0 Å². The van der Waals surface area contributed by atoms with Crippen molar-refractivity contribution in [1.29, 1.82) is 0 Å². The summed E-state index contributed by atoms with van der Waals surface area (Å²) in [6, 6.07) is 7.82. The Kier molecular flexibility index (Phi) is 4.81. The summed E-state index contributed by atoms with van der Waals surface area (Å²) in [5.41, 5.74) is 2.67. The topological polar surface area (TPSA) is 58.1 Å². The van der Waals surface area contributed by atoms with Crippen LogP contribution in [0.25, 0.3) is 0 Å². The smallest absolute Gasteiger partial charge is 0.269 e. The van der Waals surface area contributed by atoms with Crippen LogP contribution in [0.3, 0.4) is 0 Å². The van der Waals surface area contributed by atoms with Gasteiger partial charge in [-0.15, -0.1) is 5.10 Å². The average Bonchev–Trinajstić information content (AvgIpc) is 2.88. The van der Waals surface area contributed by atoms with Crippen LogP contribution >= 0.6 is 11.5 Å². The molecule has 6 heteroatoms. The highest BCUT2D eigenvalue weighted by molar-refractivity contribution is 7.08. The van der Waals surface area contributed by atoms with Crippen molar-refractivity contribution in [3.05, 3.63) is 40.4 Å². The Morgan fingerprint density at radius 3 is 2.80 bits per heavy atom. The second kappa shape index (κ2) is 6.58. The van der Waals surface area contributed by atoms with Gasteiger partial charge >= 0.3 is 0 Å². The average molecular weight is 290 g/mol. The molecular formula is C14H18N4OS. The fourth-order valence-corrected chi connectivity index (χ4v) is 2.56. The van der Waals surface area contributed by atoms with E-state index in [-0.39, 0.29) is 5.91 Å². The molecular weight excluding hydrogens is 272 g/mol. The van der Waals surface area contributed by atoms with E-state index >= 15 is 0 Å². The van der Waals surface area contributed by atoms with E-state index in [0.29, 0.717) is 11.3 Å². The molecule has 0 saturated carbocycles. The summed E-state index contributed by atoms with van der Waals surface area (Å²) in [5.74, 6) is -0.136. The molecule has 0 aliphatic heterocycles. The zero-order valence-electron chi connectivity index (χ0n) is 11.9. The zero-order chi connectivity index (χ0) is 14.5. The molecule has 0 aliphatic carbocycles. The van der Waals surface area contributed by atoms with Crippen LogP contribution in [0.5, 0.6) is 0 Å². The number of amides is 1. The number of hydrogen-bond donors (Lipinski definition) is 1. The van der Waals surface area contributed by atoms with Gasteiger partial charge in [0.15, 0.2) is 0 Å².